The molecule has 0 aliphatic heterocycles. The monoisotopic (exact) mass is 249 g/mol. The van der Waals surface area contributed by atoms with Crippen LogP contribution in [0.5, 0.6) is 5.75 Å². The maximum atomic E-state index is 10.4. The molecule has 1 aromatic carbocycles. The molecule has 1 aromatic rings. The molecule has 100 valence electrons. The Morgan fingerprint density at radius 1 is 1.28 bits per heavy atom. The number of rotatable bonds is 5. The Labute approximate surface area is 109 Å². The van der Waals surface area contributed by atoms with Crippen LogP contribution in [-0.2, 0) is 0 Å². The standard InChI is InChI=1S/C15H23NO2/c1-9-10(2)14(18-4)8-7-13(9)15(17)11(3)16-12-5-6-12/h7-8,11-12,15-17H,5-6H2,1-4H3. The number of ether oxygens (including phenoxy) is 1. The van der Waals surface area contributed by atoms with E-state index in [1.807, 2.05) is 32.9 Å². The van der Waals surface area contributed by atoms with Gasteiger partial charge in [0.1, 0.15) is 5.75 Å². The van der Waals surface area contributed by atoms with Crippen LogP contribution >= 0.6 is 0 Å². The van der Waals surface area contributed by atoms with Gasteiger partial charge in [-0.05, 0) is 56.4 Å². The average Bonchev–Trinajstić information content (AvgIpc) is 3.15. The van der Waals surface area contributed by atoms with Gasteiger partial charge in [0, 0.05) is 12.1 Å². The van der Waals surface area contributed by atoms with Crippen molar-refractivity contribution in [3.8, 4) is 5.75 Å². The summed E-state index contributed by atoms with van der Waals surface area (Å²) in [5.41, 5.74) is 3.22. The Bertz CT molecular complexity index is 427. The minimum Gasteiger partial charge on any atom is -0.496 e. The highest BCUT2D eigenvalue weighted by molar-refractivity contribution is 5.44. The first-order valence-corrected chi connectivity index (χ1v) is 6.62. The van der Waals surface area contributed by atoms with E-state index in [0.717, 1.165) is 22.4 Å². The van der Waals surface area contributed by atoms with Crippen molar-refractivity contribution in [1.82, 2.24) is 5.32 Å². The summed E-state index contributed by atoms with van der Waals surface area (Å²) in [6.07, 6.45) is 2.00. The number of hydrogen-bond donors (Lipinski definition) is 2. The summed E-state index contributed by atoms with van der Waals surface area (Å²) in [5, 5.41) is 13.9. The van der Waals surface area contributed by atoms with E-state index in [0.29, 0.717) is 6.04 Å². The molecule has 2 rings (SSSR count). The zero-order valence-corrected chi connectivity index (χ0v) is 11.7. The van der Waals surface area contributed by atoms with Gasteiger partial charge in [-0.3, -0.25) is 0 Å². The number of hydrogen-bond acceptors (Lipinski definition) is 3. The number of aliphatic hydroxyl groups is 1. The van der Waals surface area contributed by atoms with E-state index in [1.165, 1.54) is 12.8 Å². The van der Waals surface area contributed by atoms with Crippen LogP contribution in [0.1, 0.15) is 42.6 Å². The van der Waals surface area contributed by atoms with Gasteiger partial charge in [0.15, 0.2) is 0 Å². The van der Waals surface area contributed by atoms with Crippen molar-refractivity contribution < 1.29 is 9.84 Å². The van der Waals surface area contributed by atoms with E-state index in [2.05, 4.69) is 5.32 Å². The van der Waals surface area contributed by atoms with Crippen LogP contribution in [0.15, 0.2) is 12.1 Å². The van der Waals surface area contributed by atoms with Crippen LogP contribution in [0.4, 0.5) is 0 Å². The largest absolute Gasteiger partial charge is 0.496 e. The fourth-order valence-electron chi connectivity index (χ4n) is 2.34. The van der Waals surface area contributed by atoms with Gasteiger partial charge in [-0.1, -0.05) is 6.07 Å². The molecular formula is C15H23NO2. The highest BCUT2D eigenvalue weighted by Gasteiger charge is 2.27. The summed E-state index contributed by atoms with van der Waals surface area (Å²) in [6, 6.07) is 4.60. The van der Waals surface area contributed by atoms with Crippen molar-refractivity contribution in [2.24, 2.45) is 0 Å². The van der Waals surface area contributed by atoms with Crippen molar-refractivity contribution >= 4 is 0 Å². The lowest BCUT2D eigenvalue weighted by Crippen LogP contribution is -2.34. The van der Waals surface area contributed by atoms with E-state index in [4.69, 9.17) is 4.74 Å². The molecular weight excluding hydrogens is 226 g/mol. The third-order valence-corrected chi connectivity index (χ3v) is 3.87. The van der Waals surface area contributed by atoms with Crippen molar-refractivity contribution in [2.45, 2.75) is 51.8 Å². The Kier molecular flexibility index (Phi) is 3.93. The highest BCUT2D eigenvalue weighted by atomic mass is 16.5. The van der Waals surface area contributed by atoms with Crippen LogP contribution in [-0.4, -0.2) is 24.3 Å². The van der Waals surface area contributed by atoms with E-state index in [-0.39, 0.29) is 6.04 Å². The van der Waals surface area contributed by atoms with Crippen molar-refractivity contribution in [1.29, 1.82) is 0 Å². The second-order valence-electron chi connectivity index (χ2n) is 5.28. The lowest BCUT2D eigenvalue weighted by atomic mass is 9.95. The first kappa shape index (κ1) is 13.4. The molecule has 0 bridgehead atoms. The Morgan fingerprint density at radius 3 is 2.50 bits per heavy atom. The predicted octanol–water partition coefficient (Wildman–Crippen LogP) is 2.49. The highest BCUT2D eigenvalue weighted by Crippen LogP contribution is 2.30. The first-order valence-electron chi connectivity index (χ1n) is 6.62. The fourth-order valence-corrected chi connectivity index (χ4v) is 2.34. The third kappa shape index (κ3) is 2.68. The van der Waals surface area contributed by atoms with Crippen molar-refractivity contribution in [2.75, 3.05) is 7.11 Å². The average molecular weight is 249 g/mol. The molecule has 3 heteroatoms. The van der Waals surface area contributed by atoms with Crippen molar-refractivity contribution in [3.05, 3.63) is 28.8 Å². The number of benzene rings is 1. The topological polar surface area (TPSA) is 41.5 Å². The molecule has 0 saturated heterocycles. The van der Waals surface area contributed by atoms with Crippen LogP contribution in [0.3, 0.4) is 0 Å². The van der Waals surface area contributed by atoms with Gasteiger partial charge >= 0.3 is 0 Å². The molecule has 0 aromatic heterocycles. The molecule has 0 spiro atoms. The van der Waals surface area contributed by atoms with Gasteiger partial charge in [0.05, 0.1) is 13.2 Å². The van der Waals surface area contributed by atoms with Gasteiger partial charge in [-0.2, -0.15) is 0 Å². The summed E-state index contributed by atoms with van der Waals surface area (Å²) < 4.78 is 5.30. The minimum absolute atomic E-state index is 0.0870. The summed E-state index contributed by atoms with van der Waals surface area (Å²) in [7, 11) is 1.68. The van der Waals surface area contributed by atoms with Gasteiger partial charge in [-0.25, -0.2) is 0 Å². The third-order valence-electron chi connectivity index (χ3n) is 3.87. The molecule has 2 N–H and O–H groups in total. The van der Waals surface area contributed by atoms with E-state index in [9.17, 15) is 5.11 Å². The van der Waals surface area contributed by atoms with Gasteiger partial charge in [0.25, 0.3) is 0 Å². The SMILES string of the molecule is COc1ccc(C(O)C(C)NC2CC2)c(C)c1C. The summed E-state index contributed by atoms with van der Waals surface area (Å²) in [4.78, 5) is 0. The number of aliphatic hydroxyl groups excluding tert-OH is 1. The van der Waals surface area contributed by atoms with Crippen LogP contribution < -0.4 is 10.1 Å². The second-order valence-corrected chi connectivity index (χ2v) is 5.28. The maximum Gasteiger partial charge on any atom is 0.122 e. The quantitative estimate of drug-likeness (QED) is 0.842. The number of methoxy groups -OCH3 is 1. The lowest BCUT2D eigenvalue weighted by Gasteiger charge is -2.23. The molecule has 3 nitrogen and oxygen atoms in total. The molecule has 1 saturated carbocycles. The molecule has 0 radical (unpaired) electrons. The molecule has 0 heterocycles. The molecule has 2 unspecified atom stereocenters. The van der Waals surface area contributed by atoms with E-state index in [1.54, 1.807) is 7.11 Å². The number of nitrogens with one attached hydrogen (secondary N) is 1. The zero-order valence-electron chi connectivity index (χ0n) is 11.7. The molecule has 1 fully saturated rings. The molecule has 18 heavy (non-hydrogen) atoms. The van der Waals surface area contributed by atoms with Crippen LogP contribution in [0, 0.1) is 13.8 Å². The van der Waals surface area contributed by atoms with Crippen LogP contribution in [0.2, 0.25) is 0 Å². The summed E-state index contributed by atoms with van der Waals surface area (Å²) >= 11 is 0. The predicted molar refractivity (Wildman–Crippen MR) is 73.0 cm³/mol. The first-order chi connectivity index (χ1) is 8.54. The zero-order chi connectivity index (χ0) is 13.3. The lowest BCUT2D eigenvalue weighted by molar-refractivity contribution is 0.134. The van der Waals surface area contributed by atoms with E-state index >= 15 is 0 Å². The Hall–Kier alpha value is -1.06. The molecule has 0 amide bonds. The smallest absolute Gasteiger partial charge is 0.122 e. The van der Waals surface area contributed by atoms with Gasteiger partial charge < -0.3 is 15.2 Å². The maximum absolute atomic E-state index is 10.4. The normalized spacial score (nSPS) is 18.5. The molecule has 1 aliphatic rings. The van der Waals surface area contributed by atoms with E-state index < -0.39 is 6.10 Å². The second kappa shape index (κ2) is 5.29. The van der Waals surface area contributed by atoms with Gasteiger partial charge in [-0.15, -0.1) is 0 Å². The molecule has 2 atom stereocenters. The Balaban J connectivity index is 2.18. The van der Waals surface area contributed by atoms with Crippen molar-refractivity contribution in [3.63, 3.8) is 0 Å². The van der Waals surface area contributed by atoms with Gasteiger partial charge in [0.2, 0.25) is 0 Å². The minimum atomic E-state index is -0.463. The van der Waals surface area contributed by atoms with Crippen LogP contribution in [0.25, 0.3) is 0 Å². The summed E-state index contributed by atoms with van der Waals surface area (Å²) in [6.45, 7) is 6.12. The Morgan fingerprint density at radius 2 is 1.94 bits per heavy atom. The summed E-state index contributed by atoms with van der Waals surface area (Å²) in [5.74, 6) is 0.881. The fraction of sp³-hybridized carbons (Fsp3) is 0.600. The molecule has 1 aliphatic carbocycles.